The zero-order chi connectivity index (χ0) is 35.3. The first-order chi connectivity index (χ1) is 24.0. The molecule has 1 aromatic heterocycles. The molecule has 0 spiro atoms. The van der Waals surface area contributed by atoms with Crippen molar-refractivity contribution in [3.8, 4) is 22.6 Å². The number of imidazole rings is 1. The van der Waals surface area contributed by atoms with Crippen LogP contribution >= 0.6 is 34.8 Å². The number of carboxylic acids is 1. The molecule has 0 saturated carbocycles. The topological polar surface area (TPSA) is 109 Å². The van der Waals surface area contributed by atoms with Gasteiger partial charge in [0.05, 0.1) is 34.5 Å². The monoisotopic (exact) mass is 737 g/mol. The predicted octanol–water partition coefficient (Wildman–Crippen LogP) is 7.27. The molecule has 1 aliphatic carbocycles. The van der Waals surface area contributed by atoms with Gasteiger partial charge in [0.15, 0.2) is 11.6 Å². The van der Waals surface area contributed by atoms with E-state index >= 15 is 0 Å². The van der Waals surface area contributed by atoms with Crippen LogP contribution in [0.4, 0.5) is 5.69 Å². The summed E-state index contributed by atoms with van der Waals surface area (Å²) in [5.41, 5.74) is 7.15. The maximum Gasteiger partial charge on any atom is 0.307 e. The molecule has 10 nitrogen and oxygen atoms in total. The lowest BCUT2D eigenvalue weighted by molar-refractivity contribution is -0.141. The number of fused-ring (bicyclic) bond motifs is 2. The quantitative estimate of drug-likeness (QED) is 0.185. The maximum atomic E-state index is 13.4. The van der Waals surface area contributed by atoms with E-state index in [4.69, 9.17) is 44.3 Å². The lowest BCUT2D eigenvalue weighted by Crippen LogP contribution is -2.27. The average Bonchev–Trinajstić information content (AvgIpc) is 3.81. The summed E-state index contributed by atoms with van der Waals surface area (Å²) in [6, 6.07) is 13.5. The second-order valence-electron chi connectivity index (χ2n) is 13.3. The Labute approximate surface area is 305 Å². The van der Waals surface area contributed by atoms with E-state index in [0.29, 0.717) is 72.1 Å². The molecule has 0 radical (unpaired) electrons. The van der Waals surface area contributed by atoms with Crippen LogP contribution in [0.3, 0.4) is 0 Å². The van der Waals surface area contributed by atoms with Crippen molar-refractivity contribution in [2.45, 2.75) is 44.9 Å². The Morgan fingerprint density at radius 2 is 1.78 bits per heavy atom. The molecule has 3 heterocycles. The third-order valence-corrected chi connectivity index (χ3v) is 11.1. The standard InChI is InChI=1S/C37H38Cl3N5O5/c1-43-14-13-29-28(19-43)41-35(44(29)2)36(46)42-27-9-5-8-25(31(27)39)22-6-4-7-24-23(22)10-11-30(24)50-34-26(38)16-21(33(49-3)32(34)40)18-45-15-12-20(17-45)37(47)48/h4-9,16,20,30H,10-15,17-19H2,1-3H3,(H,42,46)(H,47,48). The van der Waals surface area contributed by atoms with Crippen molar-refractivity contribution >= 4 is 52.4 Å². The Morgan fingerprint density at radius 3 is 2.54 bits per heavy atom. The van der Waals surface area contributed by atoms with Crippen LogP contribution in [0.2, 0.25) is 15.1 Å². The van der Waals surface area contributed by atoms with Crippen LogP contribution in [0.5, 0.6) is 11.5 Å². The largest absolute Gasteiger partial charge is 0.495 e. The number of amides is 1. The molecule has 3 aromatic carbocycles. The van der Waals surface area contributed by atoms with Crippen molar-refractivity contribution in [1.82, 2.24) is 19.4 Å². The summed E-state index contributed by atoms with van der Waals surface area (Å²) in [5, 5.41) is 13.5. The highest BCUT2D eigenvalue weighted by Gasteiger charge is 2.32. The first-order valence-electron chi connectivity index (χ1n) is 16.7. The molecule has 2 aliphatic heterocycles. The third-order valence-electron chi connectivity index (χ3n) is 10.1. The summed E-state index contributed by atoms with van der Waals surface area (Å²) in [7, 11) is 5.48. The van der Waals surface area contributed by atoms with E-state index < -0.39 is 11.9 Å². The Kier molecular flexibility index (Phi) is 9.75. The van der Waals surface area contributed by atoms with Gasteiger partial charge in [0, 0.05) is 56.5 Å². The van der Waals surface area contributed by atoms with Crippen LogP contribution in [0.25, 0.3) is 11.1 Å². The van der Waals surface area contributed by atoms with Gasteiger partial charge in [-0.25, -0.2) is 4.98 Å². The molecule has 262 valence electrons. The third kappa shape index (κ3) is 6.44. The van der Waals surface area contributed by atoms with Crippen molar-refractivity contribution in [1.29, 1.82) is 0 Å². The predicted molar refractivity (Wildman–Crippen MR) is 194 cm³/mol. The van der Waals surface area contributed by atoms with Gasteiger partial charge in [0.25, 0.3) is 5.91 Å². The minimum absolute atomic E-state index is 0.278. The molecule has 2 atom stereocenters. The van der Waals surface area contributed by atoms with Gasteiger partial charge in [0.1, 0.15) is 16.9 Å². The average molecular weight is 739 g/mol. The second kappa shape index (κ2) is 14.1. The molecular formula is C37H38Cl3N5O5. The Bertz CT molecular complexity index is 2000. The molecular weight excluding hydrogens is 701 g/mol. The fraction of sp³-hybridized carbons (Fsp3) is 0.378. The number of carbonyl (C=O) groups excluding carboxylic acids is 1. The van der Waals surface area contributed by atoms with Gasteiger partial charge in [-0.3, -0.25) is 14.5 Å². The van der Waals surface area contributed by atoms with Gasteiger partial charge >= 0.3 is 5.97 Å². The van der Waals surface area contributed by atoms with Crippen molar-refractivity contribution < 1.29 is 24.2 Å². The van der Waals surface area contributed by atoms with E-state index in [0.717, 1.165) is 58.6 Å². The fourth-order valence-corrected chi connectivity index (χ4v) is 8.45. The minimum atomic E-state index is -0.784. The molecule has 0 bridgehead atoms. The van der Waals surface area contributed by atoms with E-state index in [-0.39, 0.29) is 17.0 Å². The fourth-order valence-electron chi connectivity index (χ4n) is 7.51. The molecule has 1 fully saturated rings. The first kappa shape index (κ1) is 34.6. The van der Waals surface area contributed by atoms with Crippen LogP contribution in [0, 0.1) is 5.92 Å². The lowest BCUT2D eigenvalue weighted by atomic mass is 9.96. The molecule has 1 amide bonds. The number of ether oxygens (including phenoxy) is 2. The Balaban J connectivity index is 1.12. The van der Waals surface area contributed by atoms with E-state index in [1.54, 1.807) is 19.2 Å². The van der Waals surface area contributed by atoms with E-state index in [2.05, 4.69) is 20.1 Å². The number of methoxy groups -OCH3 is 1. The summed E-state index contributed by atoms with van der Waals surface area (Å²) in [6.07, 6.45) is 2.55. The van der Waals surface area contributed by atoms with Crippen LogP contribution < -0.4 is 14.8 Å². The van der Waals surface area contributed by atoms with E-state index in [9.17, 15) is 14.7 Å². The summed E-state index contributed by atoms with van der Waals surface area (Å²) in [4.78, 5) is 33.8. The molecule has 2 N–H and O–H groups in total. The molecule has 1 saturated heterocycles. The van der Waals surface area contributed by atoms with Crippen LogP contribution in [-0.2, 0) is 37.8 Å². The number of nitrogens with zero attached hydrogens (tertiary/aromatic N) is 4. The number of carbonyl (C=O) groups is 2. The smallest absolute Gasteiger partial charge is 0.307 e. The number of aliphatic carboxylic acids is 1. The number of halogens is 3. The second-order valence-corrected chi connectivity index (χ2v) is 14.4. The molecule has 50 heavy (non-hydrogen) atoms. The number of likely N-dealkylation sites (tertiary alicyclic amines) is 1. The summed E-state index contributed by atoms with van der Waals surface area (Å²) >= 11 is 20.7. The highest BCUT2D eigenvalue weighted by atomic mass is 35.5. The van der Waals surface area contributed by atoms with E-state index in [1.165, 1.54) is 0 Å². The molecule has 2 unspecified atom stereocenters. The minimum Gasteiger partial charge on any atom is -0.495 e. The number of carboxylic acid groups (broad SMARTS) is 1. The molecule has 4 aromatic rings. The molecule has 7 rings (SSSR count). The van der Waals surface area contributed by atoms with Gasteiger partial charge in [-0.15, -0.1) is 0 Å². The number of benzene rings is 3. The van der Waals surface area contributed by atoms with Gasteiger partial charge in [-0.05, 0) is 61.7 Å². The Hall–Kier alpha value is -3.80. The number of hydrogen-bond acceptors (Lipinski definition) is 7. The zero-order valence-corrected chi connectivity index (χ0v) is 30.3. The SMILES string of the molecule is COc1c(CN2CCC(C(=O)O)C2)cc(Cl)c(OC2CCc3c(-c4cccc(NC(=O)c5nc6c(n5C)CCN(C)C6)c4Cl)cccc32)c1Cl. The zero-order valence-electron chi connectivity index (χ0n) is 28.1. The van der Waals surface area contributed by atoms with Gasteiger partial charge in [-0.1, -0.05) is 65.1 Å². The number of anilines is 1. The van der Waals surface area contributed by atoms with Gasteiger partial charge < -0.3 is 29.4 Å². The van der Waals surface area contributed by atoms with Crippen LogP contribution in [0.1, 0.15) is 57.6 Å². The van der Waals surface area contributed by atoms with Gasteiger partial charge in [-0.2, -0.15) is 0 Å². The van der Waals surface area contributed by atoms with Crippen molar-refractivity contribution in [2.24, 2.45) is 13.0 Å². The maximum absolute atomic E-state index is 13.4. The van der Waals surface area contributed by atoms with Crippen molar-refractivity contribution in [3.63, 3.8) is 0 Å². The summed E-state index contributed by atoms with van der Waals surface area (Å²) in [6.45, 7) is 3.22. The highest BCUT2D eigenvalue weighted by molar-refractivity contribution is 6.38. The summed E-state index contributed by atoms with van der Waals surface area (Å²) in [5.74, 6) is -0.328. The Morgan fingerprint density at radius 1 is 1.00 bits per heavy atom. The normalized spacial score (nSPS) is 18.9. The summed E-state index contributed by atoms with van der Waals surface area (Å²) < 4.78 is 14.1. The van der Waals surface area contributed by atoms with Crippen molar-refractivity contribution in [3.05, 3.63) is 91.4 Å². The van der Waals surface area contributed by atoms with E-state index in [1.807, 2.05) is 49.0 Å². The van der Waals surface area contributed by atoms with Crippen LogP contribution in [-0.4, -0.2) is 70.1 Å². The van der Waals surface area contributed by atoms with Crippen LogP contribution in [0.15, 0.2) is 42.5 Å². The van der Waals surface area contributed by atoms with Gasteiger partial charge in [0.2, 0.25) is 0 Å². The number of likely N-dealkylation sites (N-methyl/N-ethyl adjacent to an activating group) is 1. The number of hydrogen-bond donors (Lipinski definition) is 2. The highest BCUT2D eigenvalue weighted by Crippen LogP contribution is 2.48. The first-order valence-corrected chi connectivity index (χ1v) is 17.8. The number of nitrogens with one attached hydrogen (secondary N) is 1. The molecule has 13 heteroatoms. The van der Waals surface area contributed by atoms with Crippen molar-refractivity contribution in [2.75, 3.05) is 39.1 Å². The molecule has 3 aliphatic rings. The number of aromatic nitrogens is 2. The number of rotatable bonds is 9. The lowest BCUT2D eigenvalue weighted by Gasteiger charge is -2.22.